The Bertz CT molecular complexity index is 567. The van der Waals surface area contributed by atoms with E-state index in [0.717, 1.165) is 18.9 Å². The van der Waals surface area contributed by atoms with Gasteiger partial charge in [0.2, 0.25) is 0 Å². The largest absolute Gasteiger partial charge is 0.315 e. The van der Waals surface area contributed by atoms with Gasteiger partial charge in [-0.3, -0.25) is 0 Å². The highest BCUT2D eigenvalue weighted by Crippen LogP contribution is 2.25. The molecule has 1 fully saturated rings. The van der Waals surface area contributed by atoms with Crippen LogP contribution in [-0.2, 0) is 0 Å². The molecule has 1 aromatic heterocycles. The van der Waals surface area contributed by atoms with Crippen molar-refractivity contribution in [2.45, 2.75) is 5.92 Å². The number of aromatic nitrogens is 2. The molecule has 2 aromatic rings. The van der Waals surface area contributed by atoms with Crippen LogP contribution in [0.1, 0.15) is 11.7 Å². The highest BCUT2D eigenvalue weighted by molar-refractivity contribution is 6.30. The van der Waals surface area contributed by atoms with Gasteiger partial charge >= 0.3 is 0 Å². The highest BCUT2D eigenvalue weighted by atomic mass is 35.5. The van der Waals surface area contributed by atoms with Gasteiger partial charge in [0.1, 0.15) is 11.6 Å². The van der Waals surface area contributed by atoms with Gasteiger partial charge in [-0.25, -0.2) is 14.4 Å². The van der Waals surface area contributed by atoms with Crippen LogP contribution in [0.4, 0.5) is 4.39 Å². The maximum Gasteiger partial charge on any atom is 0.133 e. The quantitative estimate of drug-likeness (QED) is 0.905. The smallest absolute Gasteiger partial charge is 0.133 e. The van der Waals surface area contributed by atoms with Crippen LogP contribution in [0.3, 0.4) is 0 Å². The SMILES string of the molecule is Fc1cc(Cl)ccc1-c1cnc(C2CNC2)nc1. The Labute approximate surface area is 109 Å². The van der Waals surface area contributed by atoms with Gasteiger partial charge in [0.25, 0.3) is 0 Å². The van der Waals surface area contributed by atoms with Gasteiger partial charge in [-0.05, 0) is 18.2 Å². The van der Waals surface area contributed by atoms with Crippen LogP contribution >= 0.6 is 11.6 Å². The van der Waals surface area contributed by atoms with E-state index >= 15 is 0 Å². The van der Waals surface area contributed by atoms with E-state index in [-0.39, 0.29) is 5.82 Å². The third-order valence-electron chi connectivity index (χ3n) is 3.06. The minimum atomic E-state index is -0.357. The predicted molar refractivity (Wildman–Crippen MR) is 68.0 cm³/mol. The van der Waals surface area contributed by atoms with E-state index in [2.05, 4.69) is 15.3 Å². The van der Waals surface area contributed by atoms with Gasteiger partial charge in [-0.15, -0.1) is 0 Å². The molecule has 0 aliphatic carbocycles. The molecule has 0 amide bonds. The fraction of sp³-hybridized carbons (Fsp3) is 0.231. The molecular weight excluding hydrogens is 253 g/mol. The van der Waals surface area contributed by atoms with Gasteiger partial charge < -0.3 is 5.32 Å². The third kappa shape index (κ3) is 2.09. The van der Waals surface area contributed by atoms with Crippen LogP contribution in [0.5, 0.6) is 0 Å². The van der Waals surface area contributed by atoms with Crippen molar-refractivity contribution < 1.29 is 4.39 Å². The number of nitrogens with one attached hydrogen (secondary N) is 1. The molecule has 0 spiro atoms. The second kappa shape index (κ2) is 4.63. The van der Waals surface area contributed by atoms with Crippen molar-refractivity contribution in [3.63, 3.8) is 0 Å². The van der Waals surface area contributed by atoms with E-state index in [0.29, 0.717) is 22.1 Å². The fourth-order valence-electron chi connectivity index (χ4n) is 1.88. The molecular formula is C13H11ClFN3. The molecule has 1 saturated heterocycles. The fourth-order valence-corrected chi connectivity index (χ4v) is 2.04. The zero-order valence-electron chi connectivity index (χ0n) is 9.53. The summed E-state index contributed by atoms with van der Waals surface area (Å²) >= 11 is 5.72. The normalized spacial score (nSPS) is 15.4. The van der Waals surface area contributed by atoms with Crippen LogP contribution in [0.25, 0.3) is 11.1 Å². The number of hydrogen-bond donors (Lipinski definition) is 1. The summed E-state index contributed by atoms with van der Waals surface area (Å²) in [7, 11) is 0. The Morgan fingerprint density at radius 1 is 1.22 bits per heavy atom. The van der Waals surface area contributed by atoms with E-state index in [1.165, 1.54) is 6.07 Å². The summed E-state index contributed by atoms with van der Waals surface area (Å²) in [6.45, 7) is 1.82. The summed E-state index contributed by atoms with van der Waals surface area (Å²) in [4.78, 5) is 8.58. The molecule has 0 radical (unpaired) electrons. The first kappa shape index (κ1) is 11.6. The Kier molecular flexibility index (Phi) is 2.97. The number of hydrogen-bond acceptors (Lipinski definition) is 3. The molecule has 92 valence electrons. The van der Waals surface area contributed by atoms with Crippen molar-refractivity contribution in [1.82, 2.24) is 15.3 Å². The van der Waals surface area contributed by atoms with Crippen molar-refractivity contribution in [3.8, 4) is 11.1 Å². The van der Waals surface area contributed by atoms with Crippen LogP contribution in [0.2, 0.25) is 5.02 Å². The second-order valence-electron chi connectivity index (χ2n) is 4.31. The summed E-state index contributed by atoms with van der Waals surface area (Å²) < 4.78 is 13.7. The first-order valence-electron chi connectivity index (χ1n) is 5.72. The van der Waals surface area contributed by atoms with Gasteiger partial charge in [0, 0.05) is 47.6 Å². The second-order valence-corrected chi connectivity index (χ2v) is 4.75. The number of rotatable bonds is 2. The zero-order chi connectivity index (χ0) is 12.5. The lowest BCUT2D eigenvalue weighted by molar-refractivity contribution is 0.430. The Balaban J connectivity index is 1.91. The Morgan fingerprint density at radius 3 is 2.50 bits per heavy atom. The first-order valence-corrected chi connectivity index (χ1v) is 6.10. The molecule has 0 bridgehead atoms. The van der Waals surface area contributed by atoms with E-state index in [1.54, 1.807) is 24.5 Å². The van der Waals surface area contributed by atoms with Crippen molar-refractivity contribution in [2.24, 2.45) is 0 Å². The van der Waals surface area contributed by atoms with Crippen molar-refractivity contribution in [3.05, 3.63) is 47.3 Å². The first-order chi connectivity index (χ1) is 8.74. The number of nitrogens with zero attached hydrogens (tertiary/aromatic N) is 2. The summed E-state index contributed by atoms with van der Waals surface area (Å²) in [5, 5.41) is 3.55. The molecule has 5 heteroatoms. The number of benzene rings is 1. The summed E-state index contributed by atoms with van der Waals surface area (Å²) in [6.07, 6.45) is 3.32. The molecule has 3 nitrogen and oxygen atoms in total. The van der Waals surface area contributed by atoms with Crippen molar-refractivity contribution in [2.75, 3.05) is 13.1 Å². The van der Waals surface area contributed by atoms with Crippen molar-refractivity contribution in [1.29, 1.82) is 0 Å². The Morgan fingerprint density at radius 2 is 1.94 bits per heavy atom. The maximum absolute atomic E-state index is 13.7. The summed E-state index contributed by atoms with van der Waals surface area (Å²) in [5.41, 5.74) is 1.14. The number of halogens is 2. The minimum Gasteiger partial charge on any atom is -0.315 e. The summed E-state index contributed by atoms with van der Waals surface area (Å²) in [6, 6.07) is 4.59. The molecule has 3 rings (SSSR count). The van der Waals surface area contributed by atoms with E-state index in [4.69, 9.17) is 11.6 Å². The van der Waals surface area contributed by atoms with Gasteiger partial charge in [0.15, 0.2) is 0 Å². The highest BCUT2D eigenvalue weighted by Gasteiger charge is 2.21. The molecule has 1 aliphatic rings. The van der Waals surface area contributed by atoms with Gasteiger partial charge in [-0.1, -0.05) is 11.6 Å². The minimum absolute atomic E-state index is 0.357. The molecule has 1 aliphatic heterocycles. The molecule has 2 heterocycles. The maximum atomic E-state index is 13.7. The average molecular weight is 264 g/mol. The molecule has 0 atom stereocenters. The van der Waals surface area contributed by atoms with Gasteiger partial charge in [-0.2, -0.15) is 0 Å². The van der Waals surface area contributed by atoms with Crippen LogP contribution in [-0.4, -0.2) is 23.1 Å². The Hall–Kier alpha value is -1.52. The van der Waals surface area contributed by atoms with E-state index < -0.39 is 0 Å². The van der Waals surface area contributed by atoms with Crippen LogP contribution in [0, 0.1) is 5.82 Å². The van der Waals surface area contributed by atoms with Gasteiger partial charge in [0.05, 0.1) is 0 Å². The average Bonchev–Trinajstić information content (AvgIpc) is 2.28. The van der Waals surface area contributed by atoms with E-state index in [9.17, 15) is 4.39 Å². The third-order valence-corrected chi connectivity index (χ3v) is 3.30. The molecule has 0 saturated carbocycles. The molecule has 18 heavy (non-hydrogen) atoms. The standard InChI is InChI=1S/C13H11ClFN3/c14-10-1-2-11(12(15)3-10)8-6-17-13(18-7-8)9-4-16-5-9/h1-3,6-7,9,16H,4-5H2. The predicted octanol–water partition coefficient (Wildman–Crippen LogP) is 2.62. The van der Waals surface area contributed by atoms with E-state index in [1.807, 2.05) is 0 Å². The van der Waals surface area contributed by atoms with Crippen LogP contribution < -0.4 is 5.32 Å². The van der Waals surface area contributed by atoms with Crippen molar-refractivity contribution >= 4 is 11.6 Å². The lowest BCUT2D eigenvalue weighted by atomic mass is 10.0. The molecule has 0 unspecified atom stereocenters. The monoisotopic (exact) mass is 263 g/mol. The lowest BCUT2D eigenvalue weighted by Crippen LogP contribution is -2.40. The topological polar surface area (TPSA) is 37.8 Å². The molecule has 1 aromatic carbocycles. The summed E-state index contributed by atoms with van der Waals surface area (Å²) in [5.74, 6) is 0.838. The zero-order valence-corrected chi connectivity index (χ0v) is 10.3. The molecule has 1 N–H and O–H groups in total. The lowest BCUT2D eigenvalue weighted by Gasteiger charge is -2.25. The van der Waals surface area contributed by atoms with Crippen LogP contribution in [0.15, 0.2) is 30.6 Å².